The van der Waals surface area contributed by atoms with Gasteiger partial charge in [0, 0.05) is 11.4 Å². The molecule has 1 aliphatic heterocycles. The number of H-pyrrole nitrogens is 1. The third-order valence-electron chi connectivity index (χ3n) is 5.31. The van der Waals surface area contributed by atoms with Crippen LogP contribution >= 0.6 is 0 Å². The zero-order valence-corrected chi connectivity index (χ0v) is 12.7. The largest absolute Gasteiger partial charge is 0.362 e. The topological polar surface area (TPSA) is 15.8 Å². The Morgan fingerprint density at radius 2 is 1.79 bits per heavy atom. The SMILES string of the molecule is CC(C)[C@H]1c2cc3[nH]c2C[C@@H]1CCCCCCCC3. The van der Waals surface area contributed by atoms with Gasteiger partial charge in [-0.05, 0) is 55.1 Å². The molecule has 4 rings (SSSR count). The molecule has 0 unspecified atom stereocenters. The first-order chi connectivity index (χ1) is 9.25. The molecule has 4 bridgehead atoms. The lowest BCUT2D eigenvalue weighted by atomic mass is 9.80. The van der Waals surface area contributed by atoms with Crippen LogP contribution in [-0.2, 0) is 12.8 Å². The number of aryl methyl sites for hydroxylation is 1. The first-order valence-electron chi connectivity index (χ1n) is 8.46. The van der Waals surface area contributed by atoms with Gasteiger partial charge in [-0.15, -0.1) is 0 Å². The summed E-state index contributed by atoms with van der Waals surface area (Å²) in [4.78, 5) is 3.75. The van der Waals surface area contributed by atoms with Crippen LogP contribution in [0.1, 0.15) is 81.7 Å². The van der Waals surface area contributed by atoms with Gasteiger partial charge in [0.15, 0.2) is 0 Å². The molecule has 1 aromatic heterocycles. The van der Waals surface area contributed by atoms with Crippen LogP contribution in [0.15, 0.2) is 6.07 Å². The highest BCUT2D eigenvalue weighted by Crippen LogP contribution is 2.45. The van der Waals surface area contributed by atoms with Crippen molar-refractivity contribution in [1.82, 2.24) is 4.98 Å². The first-order valence-corrected chi connectivity index (χ1v) is 8.46. The van der Waals surface area contributed by atoms with Crippen LogP contribution in [0.4, 0.5) is 0 Å². The molecule has 0 spiro atoms. The fourth-order valence-electron chi connectivity index (χ4n) is 4.44. The van der Waals surface area contributed by atoms with Gasteiger partial charge < -0.3 is 4.98 Å². The Labute approximate surface area is 118 Å². The van der Waals surface area contributed by atoms with Crippen molar-refractivity contribution in [2.75, 3.05) is 0 Å². The van der Waals surface area contributed by atoms with Crippen molar-refractivity contribution in [3.8, 4) is 0 Å². The fraction of sp³-hybridized carbons (Fsp3) is 0.778. The monoisotopic (exact) mass is 259 g/mol. The Balaban J connectivity index is 1.84. The average molecular weight is 259 g/mol. The van der Waals surface area contributed by atoms with Gasteiger partial charge in [-0.25, -0.2) is 0 Å². The average Bonchev–Trinajstić information content (AvgIpc) is 2.89. The summed E-state index contributed by atoms with van der Waals surface area (Å²) >= 11 is 0. The molecule has 0 fully saturated rings. The van der Waals surface area contributed by atoms with E-state index in [1.165, 1.54) is 63.5 Å². The number of fused-ring (bicyclic) bond motifs is 7. The highest BCUT2D eigenvalue weighted by atomic mass is 14.8. The minimum atomic E-state index is 0.792. The molecular weight excluding hydrogens is 230 g/mol. The van der Waals surface area contributed by atoms with Crippen LogP contribution < -0.4 is 0 Å². The molecule has 106 valence electrons. The summed E-state index contributed by atoms with van der Waals surface area (Å²) < 4.78 is 0. The number of nitrogens with one attached hydrogen (secondary N) is 1. The van der Waals surface area contributed by atoms with E-state index in [0.29, 0.717) is 0 Å². The number of rotatable bonds is 1. The van der Waals surface area contributed by atoms with E-state index in [4.69, 9.17) is 0 Å². The molecule has 3 aliphatic rings. The molecule has 2 heterocycles. The lowest BCUT2D eigenvalue weighted by molar-refractivity contribution is 0.336. The maximum atomic E-state index is 3.75. The van der Waals surface area contributed by atoms with E-state index < -0.39 is 0 Å². The summed E-state index contributed by atoms with van der Waals surface area (Å²) in [6.45, 7) is 4.83. The molecule has 0 saturated carbocycles. The number of aromatic amines is 1. The second-order valence-electron chi connectivity index (χ2n) is 7.12. The van der Waals surface area contributed by atoms with Gasteiger partial charge >= 0.3 is 0 Å². The zero-order valence-electron chi connectivity index (χ0n) is 12.7. The normalized spacial score (nSPS) is 28.2. The smallest absolute Gasteiger partial charge is 0.0187 e. The van der Waals surface area contributed by atoms with E-state index in [0.717, 1.165) is 17.8 Å². The summed E-state index contributed by atoms with van der Waals surface area (Å²) in [6.07, 6.45) is 12.6. The fourth-order valence-corrected chi connectivity index (χ4v) is 4.44. The van der Waals surface area contributed by atoms with Crippen LogP contribution in [0.5, 0.6) is 0 Å². The summed E-state index contributed by atoms with van der Waals surface area (Å²) in [7, 11) is 0. The van der Waals surface area contributed by atoms with E-state index in [2.05, 4.69) is 24.9 Å². The predicted molar refractivity (Wildman–Crippen MR) is 81.6 cm³/mol. The Morgan fingerprint density at radius 3 is 2.58 bits per heavy atom. The molecule has 0 radical (unpaired) electrons. The summed E-state index contributed by atoms with van der Waals surface area (Å²) in [6, 6.07) is 2.51. The van der Waals surface area contributed by atoms with E-state index in [9.17, 15) is 0 Å². The van der Waals surface area contributed by atoms with Crippen molar-refractivity contribution in [3.05, 3.63) is 23.0 Å². The third kappa shape index (κ3) is 2.75. The van der Waals surface area contributed by atoms with Gasteiger partial charge in [0.2, 0.25) is 0 Å². The third-order valence-corrected chi connectivity index (χ3v) is 5.31. The summed E-state index contributed by atoms with van der Waals surface area (Å²) in [5.74, 6) is 2.52. The molecule has 2 aliphatic carbocycles. The molecule has 1 nitrogen and oxygen atoms in total. The number of aromatic nitrogens is 1. The summed E-state index contributed by atoms with van der Waals surface area (Å²) in [5, 5.41) is 0. The number of hydrogen-bond donors (Lipinski definition) is 1. The molecule has 0 amide bonds. The minimum absolute atomic E-state index is 0.792. The summed E-state index contributed by atoms with van der Waals surface area (Å²) in [5.41, 5.74) is 4.76. The second-order valence-corrected chi connectivity index (χ2v) is 7.12. The van der Waals surface area contributed by atoms with Gasteiger partial charge in [0.25, 0.3) is 0 Å². The second kappa shape index (κ2) is 5.73. The van der Waals surface area contributed by atoms with Gasteiger partial charge in [-0.1, -0.05) is 46.0 Å². The maximum absolute atomic E-state index is 3.75. The minimum Gasteiger partial charge on any atom is -0.362 e. The lowest BCUT2D eigenvalue weighted by Gasteiger charge is -2.24. The van der Waals surface area contributed by atoms with Crippen LogP contribution in [0, 0.1) is 11.8 Å². The highest BCUT2D eigenvalue weighted by molar-refractivity contribution is 5.35. The quantitative estimate of drug-likeness (QED) is 0.712. The predicted octanol–water partition coefficient (Wildman–Crippen LogP) is 5.21. The standard InChI is InChI=1S/C18H29N/c1-13(2)18-14-9-7-5-3-4-6-8-10-15-12-16(18)17(11-14)19-15/h12-14,18-19H,3-11H2,1-2H3/t14-,18+/m0/s1. The zero-order chi connectivity index (χ0) is 13.2. The van der Waals surface area contributed by atoms with Crippen LogP contribution in [0.3, 0.4) is 0 Å². The van der Waals surface area contributed by atoms with Gasteiger partial charge in [-0.3, -0.25) is 0 Å². The van der Waals surface area contributed by atoms with Gasteiger partial charge in [-0.2, -0.15) is 0 Å². The Hall–Kier alpha value is -0.720. The molecule has 1 heteroatoms. The van der Waals surface area contributed by atoms with Crippen LogP contribution in [0.25, 0.3) is 0 Å². The van der Waals surface area contributed by atoms with Crippen LogP contribution in [-0.4, -0.2) is 4.98 Å². The van der Waals surface area contributed by atoms with Gasteiger partial charge in [0.1, 0.15) is 0 Å². The molecule has 0 saturated heterocycles. The van der Waals surface area contributed by atoms with Gasteiger partial charge in [0.05, 0.1) is 0 Å². The van der Waals surface area contributed by atoms with E-state index in [1.54, 1.807) is 11.3 Å². The Kier molecular flexibility index (Phi) is 4.00. The molecular formula is C18H29N. The molecule has 2 atom stereocenters. The van der Waals surface area contributed by atoms with E-state index in [1.807, 2.05) is 0 Å². The maximum Gasteiger partial charge on any atom is 0.0187 e. The first kappa shape index (κ1) is 13.3. The van der Waals surface area contributed by atoms with Crippen molar-refractivity contribution in [2.24, 2.45) is 11.8 Å². The Bertz CT molecular complexity index is 415. The molecule has 1 N–H and O–H groups in total. The lowest BCUT2D eigenvalue weighted by Crippen LogP contribution is -2.14. The van der Waals surface area contributed by atoms with E-state index >= 15 is 0 Å². The number of hydrogen-bond acceptors (Lipinski definition) is 0. The molecule has 19 heavy (non-hydrogen) atoms. The van der Waals surface area contributed by atoms with Crippen molar-refractivity contribution >= 4 is 0 Å². The van der Waals surface area contributed by atoms with Crippen LogP contribution in [0.2, 0.25) is 0 Å². The Morgan fingerprint density at radius 1 is 1.05 bits per heavy atom. The van der Waals surface area contributed by atoms with Crippen molar-refractivity contribution < 1.29 is 0 Å². The highest BCUT2D eigenvalue weighted by Gasteiger charge is 2.35. The van der Waals surface area contributed by atoms with E-state index in [-0.39, 0.29) is 0 Å². The molecule has 1 aromatic rings. The van der Waals surface area contributed by atoms with Crippen molar-refractivity contribution in [3.63, 3.8) is 0 Å². The van der Waals surface area contributed by atoms with Crippen molar-refractivity contribution in [1.29, 1.82) is 0 Å². The van der Waals surface area contributed by atoms with Crippen molar-refractivity contribution in [2.45, 2.75) is 77.6 Å². The molecule has 0 aromatic carbocycles.